The van der Waals surface area contributed by atoms with Crippen molar-refractivity contribution in [2.75, 3.05) is 6.26 Å². The zero-order valence-electron chi connectivity index (χ0n) is 11.3. The van der Waals surface area contributed by atoms with Crippen LogP contribution in [-0.2, 0) is 18.3 Å². The van der Waals surface area contributed by atoms with Crippen molar-refractivity contribution >= 4 is 23.5 Å². The maximum Gasteiger partial charge on any atom is 0.309 e. The van der Waals surface area contributed by atoms with E-state index in [0.717, 1.165) is 4.90 Å². The van der Waals surface area contributed by atoms with E-state index in [0.29, 0.717) is 17.0 Å². The second-order valence-corrected chi connectivity index (χ2v) is 5.23. The Kier molecular flexibility index (Phi) is 4.29. The second kappa shape index (κ2) is 5.96. The molecule has 0 saturated carbocycles. The largest absolute Gasteiger partial charge is 0.481 e. The van der Waals surface area contributed by atoms with Crippen LogP contribution in [0.2, 0.25) is 0 Å². The van der Waals surface area contributed by atoms with Crippen molar-refractivity contribution in [3.63, 3.8) is 0 Å². The molecule has 0 atom stereocenters. The molecule has 1 heterocycles. The number of ketones is 1. The van der Waals surface area contributed by atoms with Gasteiger partial charge >= 0.3 is 5.97 Å². The fourth-order valence-electron chi connectivity index (χ4n) is 2.10. The first kappa shape index (κ1) is 14.4. The Bertz CT molecular complexity index is 647. The number of thioether (sulfide) groups is 1. The molecule has 0 aliphatic heterocycles. The van der Waals surface area contributed by atoms with E-state index in [1.807, 2.05) is 24.5 Å². The molecule has 0 unspecified atom stereocenters. The molecule has 1 aromatic heterocycles. The Morgan fingerprint density at radius 1 is 1.25 bits per heavy atom. The van der Waals surface area contributed by atoms with Crippen LogP contribution in [0, 0.1) is 0 Å². The van der Waals surface area contributed by atoms with Crippen molar-refractivity contribution in [3.8, 4) is 0 Å². The highest BCUT2D eigenvalue weighted by molar-refractivity contribution is 7.98. The molecule has 0 radical (unpaired) electrons. The Balaban J connectivity index is 2.48. The lowest BCUT2D eigenvalue weighted by Gasteiger charge is -2.07. The molecule has 0 amide bonds. The van der Waals surface area contributed by atoms with Crippen molar-refractivity contribution in [3.05, 3.63) is 53.3 Å². The normalized spacial score (nSPS) is 10.5. The van der Waals surface area contributed by atoms with Crippen LogP contribution in [0.5, 0.6) is 0 Å². The maximum atomic E-state index is 12.6. The van der Waals surface area contributed by atoms with Crippen molar-refractivity contribution in [1.29, 1.82) is 0 Å². The fraction of sp³-hybridized carbons (Fsp3) is 0.200. The second-order valence-electron chi connectivity index (χ2n) is 4.38. The van der Waals surface area contributed by atoms with Crippen LogP contribution in [0.3, 0.4) is 0 Å². The summed E-state index contributed by atoms with van der Waals surface area (Å²) in [6.07, 6.45) is 1.79. The van der Waals surface area contributed by atoms with Crippen LogP contribution in [0.1, 0.15) is 21.7 Å². The number of carbonyl (C=O) groups excluding carboxylic acids is 1. The van der Waals surface area contributed by atoms with Gasteiger partial charge in [-0.2, -0.15) is 0 Å². The highest BCUT2D eigenvalue weighted by Crippen LogP contribution is 2.26. The molecular weight excluding hydrogens is 274 g/mol. The summed E-state index contributed by atoms with van der Waals surface area (Å²) >= 11 is 1.45. The first-order chi connectivity index (χ1) is 9.54. The van der Waals surface area contributed by atoms with Gasteiger partial charge in [-0.3, -0.25) is 9.59 Å². The Labute approximate surface area is 121 Å². The topological polar surface area (TPSA) is 59.3 Å². The molecule has 1 aromatic carbocycles. The van der Waals surface area contributed by atoms with Gasteiger partial charge in [-0.15, -0.1) is 11.8 Å². The van der Waals surface area contributed by atoms with Crippen molar-refractivity contribution in [1.82, 2.24) is 4.57 Å². The average molecular weight is 289 g/mol. The Morgan fingerprint density at radius 3 is 2.45 bits per heavy atom. The molecule has 0 aliphatic carbocycles. The number of hydrogen-bond donors (Lipinski definition) is 1. The number of nitrogens with zero attached hydrogens (tertiary/aromatic N) is 1. The lowest BCUT2D eigenvalue weighted by atomic mass is 10.1. The molecule has 0 fully saturated rings. The molecule has 2 rings (SSSR count). The smallest absolute Gasteiger partial charge is 0.309 e. The van der Waals surface area contributed by atoms with Crippen molar-refractivity contribution in [2.45, 2.75) is 11.3 Å². The third-order valence-electron chi connectivity index (χ3n) is 3.10. The predicted molar refractivity (Wildman–Crippen MR) is 78.4 cm³/mol. The monoisotopic (exact) mass is 289 g/mol. The Morgan fingerprint density at radius 2 is 1.90 bits per heavy atom. The number of carboxylic acid groups (broad SMARTS) is 1. The Hall–Kier alpha value is -2.01. The van der Waals surface area contributed by atoms with Gasteiger partial charge in [-0.05, 0) is 12.3 Å². The van der Waals surface area contributed by atoms with E-state index in [2.05, 4.69) is 0 Å². The molecular formula is C15H15NO3S. The van der Waals surface area contributed by atoms with Crippen LogP contribution >= 0.6 is 11.8 Å². The standard InChI is InChI=1S/C15H15NO3S/c1-16-11(9-13(17)18)8-12(20-2)14(16)15(19)10-6-4-3-5-7-10/h3-8H,9H2,1-2H3,(H,17,18). The number of aliphatic carboxylic acids is 1. The first-order valence-electron chi connectivity index (χ1n) is 6.08. The van der Waals surface area contributed by atoms with Crippen molar-refractivity contribution in [2.24, 2.45) is 7.05 Å². The zero-order chi connectivity index (χ0) is 14.7. The van der Waals surface area contributed by atoms with Gasteiger partial charge in [0.25, 0.3) is 0 Å². The van der Waals surface area contributed by atoms with Crippen LogP contribution in [0.15, 0.2) is 41.3 Å². The average Bonchev–Trinajstić information content (AvgIpc) is 2.75. The summed E-state index contributed by atoms with van der Waals surface area (Å²) in [5, 5.41) is 8.91. The van der Waals surface area contributed by atoms with Gasteiger partial charge in [0.2, 0.25) is 5.78 Å². The molecule has 0 spiro atoms. The highest BCUT2D eigenvalue weighted by atomic mass is 32.2. The van der Waals surface area contributed by atoms with E-state index >= 15 is 0 Å². The molecule has 104 valence electrons. The molecule has 1 N–H and O–H groups in total. The molecule has 4 nitrogen and oxygen atoms in total. The zero-order valence-corrected chi connectivity index (χ0v) is 12.1. The molecule has 5 heteroatoms. The van der Waals surface area contributed by atoms with Gasteiger partial charge in [-0.1, -0.05) is 30.3 Å². The quantitative estimate of drug-likeness (QED) is 0.679. The third kappa shape index (κ3) is 2.77. The van der Waals surface area contributed by atoms with E-state index in [4.69, 9.17) is 5.11 Å². The number of hydrogen-bond acceptors (Lipinski definition) is 3. The molecule has 0 bridgehead atoms. The van der Waals surface area contributed by atoms with E-state index in [9.17, 15) is 9.59 Å². The van der Waals surface area contributed by atoms with Crippen LogP contribution in [0.4, 0.5) is 0 Å². The van der Waals surface area contributed by atoms with Crippen LogP contribution in [0.25, 0.3) is 0 Å². The van der Waals surface area contributed by atoms with E-state index in [-0.39, 0.29) is 12.2 Å². The summed E-state index contributed by atoms with van der Waals surface area (Å²) < 4.78 is 1.68. The minimum absolute atomic E-state index is 0.0888. The van der Waals surface area contributed by atoms with Gasteiger partial charge < -0.3 is 9.67 Å². The van der Waals surface area contributed by atoms with Gasteiger partial charge in [0, 0.05) is 23.2 Å². The van der Waals surface area contributed by atoms with E-state index in [1.165, 1.54) is 11.8 Å². The third-order valence-corrected chi connectivity index (χ3v) is 3.85. The number of aromatic nitrogens is 1. The summed E-state index contributed by atoms with van der Waals surface area (Å²) in [6, 6.07) is 10.8. The number of rotatable bonds is 5. The minimum Gasteiger partial charge on any atom is -0.481 e. The van der Waals surface area contributed by atoms with Gasteiger partial charge in [0.05, 0.1) is 6.42 Å². The summed E-state index contributed by atoms with van der Waals surface area (Å²) in [5.74, 6) is -0.994. The van der Waals surface area contributed by atoms with Gasteiger partial charge in [0.1, 0.15) is 5.69 Å². The maximum absolute atomic E-state index is 12.6. The summed E-state index contributed by atoms with van der Waals surface area (Å²) in [5.41, 5.74) is 1.77. The van der Waals surface area contributed by atoms with Gasteiger partial charge in [0.15, 0.2) is 0 Å². The van der Waals surface area contributed by atoms with Crippen LogP contribution < -0.4 is 0 Å². The highest BCUT2D eigenvalue weighted by Gasteiger charge is 2.21. The fourth-order valence-corrected chi connectivity index (χ4v) is 2.77. The van der Waals surface area contributed by atoms with E-state index < -0.39 is 5.97 Å². The van der Waals surface area contributed by atoms with E-state index in [1.54, 1.807) is 29.8 Å². The number of benzene rings is 1. The molecule has 2 aromatic rings. The van der Waals surface area contributed by atoms with Gasteiger partial charge in [-0.25, -0.2) is 0 Å². The molecule has 20 heavy (non-hydrogen) atoms. The number of carboxylic acids is 1. The summed E-state index contributed by atoms with van der Waals surface area (Å²) in [7, 11) is 1.73. The first-order valence-corrected chi connectivity index (χ1v) is 7.31. The SMILES string of the molecule is CSc1cc(CC(=O)O)n(C)c1C(=O)c1ccccc1. The molecule has 0 saturated heterocycles. The van der Waals surface area contributed by atoms with Crippen LogP contribution in [-0.4, -0.2) is 27.7 Å². The van der Waals surface area contributed by atoms with Crippen molar-refractivity contribution < 1.29 is 14.7 Å². The summed E-state index contributed by atoms with van der Waals surface area (Å²) in [4.78, 5) is 24.2. The lowest BCUT2D eigenvalue weighted by Crippen LogP contribution is -2.12. The summed E-state index contributed by atoms with van der Waals surface area (Å²) in [6.45, 7) is 0. The minimum atomic E-state index is -0.906. The molecule has 0 aliphatic rings. The predicted octanol–water partition coefficient (Wildman–Crippen LogP) is 2.61. The lowest BCUT2D eigenvalue weighted by molar-refractivity contribution is -0.136. The number of carbonyl (C=O) groups is 2.